The summed E-state index contributed by atoms with van der Waals surface area (Å²) < 4.78 is 0. The number of piperidine rings is 1. The maximum atomic E-state index is 12.1. The van der Waals surface area contributed by atoms with Crippen LogP contribution in [0.15, 0.2) is 0 Å². The molecule has 0 aromatic carbocycles. The van der Waals surface area contributed by atoms with Crippen molar-refractivity contribution in [2.24, 2.45) is 0 Å². The minimum atomic E-state index is -0.731. The summed E-state index contributed by atoms with van der Waals surface area (Å²) in [7, 11) is 0. The van der Waals surface area contributed by atoms with E-state index in [1.54, 1.807) is 0 Å². The number of hydrogen-bond donors (Lipinski definition) is 3. The van der Waals surface area contributed by atoms with E-state index in [0.717, 1.165) is 13.0 Å². The maximum absolute atomic E-state index is 12.1. The lowest BCUT2D eigenvalue weighted by Crippen LogP contribution is -2.57. The Labute approximate surface area is 94.0 Å². The van der Waals surface area contributed by atoms with Crippen molar-refractivity contribution in [2.45, 2.75) is 24.8 Å². The monoisotopic (exact) mass is 227 g/mol. The predicted octanol–water partition coefficient (Wildman–Crippen LogP) is -0.957. The fourth-order valence-corrected chi connectivity index (χ4v) is 2.30. The summed E-state index contributed by atoms with van der Waals surface area (Å²) in [5, 5.41) is 14.6. The number of aliphatic hydroxyl groups excluding tert-OH is 1. The zero-order valence-corrected chi connectivity index (χ0v) is 9.16. The van der Waals surface area contributed by atoms with Crippen molar-refractivity contribution in [3.63, 3.8) is 0 Å². The molecule has 3 amide bonds. The zero-order chi connectivity index (χ0) is 11.6. The first kappa shape index (κ1) is 11.3. The van der Waals surface area contributed by atoms with E-state index in [1.165, 1.54) is 4.90 Å². The lowest BCUT2D eigenvalue weighted by atomic mass is 9.90. The van der Waals surface area contributed by atoms with Crippen molar-refractivity contribution < 1.29 is 14.7 Å². The Morgan fingerprint density at radius 3 is 2.88 bits per heavy atom. The van der Waals surface area contributed by atoms with E-state index in [1.807, 2.05) is 0 Å². The molecule has 0 aromatic heterocycles. The minimum Gasteiger partial charge on any atom is -0.396 e. The minimum absolute atomic E-state index is 0.0116. The third-order valence-electron chi connectivity index (χ3n) is 3.17. The van der Waals surface area contributed by atoms with Crippen molar-refractivity contribution in [1.29, 1.82) is 0 Å². The third-order valence-corrected chi connectivity index (χ3v) is 3.17. The number of hydrogen-bond acceptors (Lipinski definition) is 4. The summed E-state index contributed by atoms with van der Waals surface area (Å²) in [6.07, 6.45) is 2.02. The van der Waals surface area contributed by atoms with Crippen molar-refractivity contribution in [1.82, 2.24) is 15.5 Å². The van der Waals surface area contributed by atoms with Gasteiger partial charge in [-0.15, -0.1) is 0 Å². The Bertz CT molecular complexity index is 300. The first-order chi connectivity index (χ1) is 7.69. The van der Waals surface area contributed by atoms with Gasteiger partial charge in [-0.3, -0.25) is 9.69 Å². The number of rotatable bonds is 3. The first-order valence-electron chi connectivity index (χ1n) is 5.65. The molecule has 3 N–H and O–H groups in total. The second-order valence-corrected chi connectivity index (χ2v) is 4.33. The normalized spacial score (nSPS) is 29.9. The molecule has 6 nitrogen and oxygen atoms in total. The molecule has 16 heavy (non-hydrogen) atoms. The summed E-state index contributed by atoms with van der Waals surface area (Å²) in [5.74, 6) is -0.154. The van der Waals surface area contributed by atoms with Gasteiger partial charge in [-0.1, -0.05) is 0 Å². The predicted molar refractivity (Wildman–Crippen MR) is 56.8 cm³/mol. The van der Waals surface area contributed by atoms with Crippen molar-refractivity contribution in [2.75, 3.05) is 26.2 Å². The SMILES string of the molecule is O=C1NC2(CCCNC2)C(=O)N1CCCO. The number of urea groups is 1. The van der Waals surface area contributed by atoms with Crippen LogP contribution >= 0.6 is 0 Å². The van der Waals surface area contributed by atoms with Crippen molar-refractivity contribution in [3.05, 3.63) is 0 Å². The van der Waals surface area contributed by atoms with Crippen LogP contribution in [-0.2, 0) is 4.79 Å². The van der Waals surface area contributed by atoms with Gasteiger partial charge in [-0.05, 0) is 25.8 Å². The summed E-state index contributed by atoms with van der Waals surface area (Å²) in [6.45, 7) is 1.68. The van der Waals surface area contributed by atoms with Gasteiger partial charge in [0.15, 0.2) is 0 Å². The molecule has 2 rings (SSSR count). The van der Waals surface area contributed by atoms with E-state index in [0.29, 0.717) is 25.9 Å². The molecule has 0 radical (unpaired) electrons. The summed E-state index contributed by atoms with van der Waals surface area (Å²) in [4.78, 5) is 25.0. The molecule has 2 aliphatic heterocycles. The Balaban J connectivity index is 2.08. The topological polar surface area (TPSA) is 81.7 Å². The molecule has 2 heterocycles. The second-order valence-electron chi connectivity index (χ2n) is 4.33. The van der Waals surface area contributed by atoms with Gasteiger partial charge in [0.25, 0.3) is 5.91 Å². The second kappa shape index (κ2) is 4.39. The average molecular weight is 227 g/mol. The number of amides is 3. The lowest BCUT2D eigenvalue weighted by Gasteiger charge is -2.31. The van der Waals surface area contributed by atoms with Gasteiger partial charge in [0.1, 0.15) is 5.54 Å². The molecule has 1 atom stereocenters. The van der Waals surface area contributed by atoms with Crippen LogP contribution in [0, 0.1) is 0 Å². The number of carbonyl (C=O) groups is 2. The van der Waals surface area contributed by atoms with Crippen LogP contribution < -0.4 is 10.6 Å². The first-order valence-corrected chi connectivity index (χ1v) is 5.65. The van der Waals surface area contributed by atoms with Gasteiger partial charge in [0.05, 0.1) is 0 Å². The van der Waals surface area contributed by atoms with Crippen LogP contribution in [-0.4, -0.2) is 53.7 Å². The summed E-state index contributed by atoms with van der Waals surface area (Å²) >= 11 is 0. The molecule has 0 aromatic rings. The molecule has 0 bridgehead atoms. The fraction of sp³-hybridized carbons (Fsp3) is 0.800. The van der Waals surface area contributed by atoms with E-state index >= 15 is 0 Å². The molecule has 1 spiro atoms. The average Bonchev–Trinajstić information content (AvgIpc) is 2.50. The van der Waals surface area contributed by atoms with Crippen LogP contribution in [0.1, 0.15) is 19.3 Å². The Kier molecular flexibility index (Phi) is 3.11. The fourth-order valence-electron chi connectivity index (χ4n) is 2.30. The summed E-state index contributed by atoms with van der Waals surface area (Å²) in [5.41, 5.74) is -0.731. The van der Waals surface area contributed by atoms with Crippen molar-refractivity contribution >= 4 is 11.9 Å². The van der Waals surface area contributed by atoms with Gasteiger partial charge < -0.3 is 15.7 Å². The number of nitrogens with zero attached hydrogens (tertiary/aromatic N) is 1. The Morgan fingerprint density at radius 1 is 1.44 bits per heavy atom. The molecule has 90 valence electrons. The Morgan fingerprint density at radius 2 is 2.25 bits per heavy atom. The van der Waals surface area contributed by atoms with Gasteiger partial charge >= 0.3 is 6.03 Å². The van der Waals surface area contributed by atoms with E-state index in [9.17, 15) is 9.59 Å². The van der Waals surface area contributed by atoms with Crippen LogP contribution in [0.5, 0.6) is 0 Å². The molecule has 2 saturated heterocycles. The van der Waals surface area contributed by atoms with Gasteiger partial charge in [-0.2, -0.15) is 0 Å². The Hall–Kier alpha value is -1.14. The number of carbonyl (C=O) groups excluding carboxylic acids is 2. The largest absolute Gasteiger partial charge is 0.396 e. The van der Waals surface area contributed by atoms with Gasteiger partial charge in [0, 0.05) is 19.7 Å². The maximum Gasteiger partial charge on any atom is 0.325 e. The van der Waals surface area contributed by atoms with E-state index < -0.39 is 5.54 Å². The molecular formula is C10H17N3O3. The number of imide groups is 1. The van der Waals surface area contributed by atoms with E-state index in [4.69, 9.17) is 5.11 Å². The van der Waals surface area contributed by atoms with E-state index in [2.05, 4.69) is 10.6 Å². The zero-order valence-electron chi connectivity index (χ0n) is 9.16. The highest BCUT2D eigenvalue weighted by atomic mass is 16.3. The van der Waals surface area contributed by atoms with Crippen LogP contribution in [0.3, 0.4) is 0 Å². The summed E-state index contributed by atoms with van der Waals surface area (Å²) in [6, 6.07) is -0.331. The smallest absolute Gasteiger partial charge is 0.325 e. The lowest BCUT2D eigenvalue weighted by molar-refractivity contribution is -0.132. The van der Waals surface area contributed by atoms with Crippen LogP contribution in [0.2, 0.25) is 0 Å². The molecule has 0 aliphatic carbocycles. The van der Waals surface area contributed by atoms with Gasteiger partial charge in [-0.25, -0.2) is 4.79 Å². The third kappa shape index (κ3) is 1.78. The molecule has 2 aliphatic rings. The standard InChI is InChI=1S/C10H17N3O3/c14-6-2-5-13-8(15)10(12-9(13)16)3-1-4-11-7-10/h11,14H,1-7H2,(H,12,16). The van der Waals surface area contributed by atoms with Crippen LogP contribution in [0.4, 0.5) is 4.79 Å². The molecule has 2 fully saturated rings. The highest BCUT2D eigenvalue weighted by Gasteiger charge is 2.51. The molecular weight excluding hydrogens is 210 g/mol. The number of aliphatic hydroxyl groups is 1. The quantitative estimate of drug-likeness (QED) is 0.543. The van der Waals surface area contributed by atoms with Gasteiger partial charge in [0.2, 0.25) is 0 Å². The molecule has 0 saturated carbocycles. The van der Waals surface area contributed by atoms with E-state index in [-0.39, 0.29) is 18.5 Å². The number of nitrogens with one attached hydrogen (secondary N) is 2. The molecule has 6 heteroatoms. The van der Waals surface area contributed by atoms with Crippen molar-refractivity contribution in [3.8, 4) is 0 Å². The highest BCUT2D eigenvalue weighted by Crippen LogP contribution is 2.24. The molecule has 1 unspecified atom stereocenters. The van der Waals surface area contributed by atoms with Crippen LogP contribution in [0.25, 0.3) is 0 Å². The highest BCUT2D eigenvalue weighted by molar-refractivity contribution is 6.07.